The predicted octanol–water partition coefficient (Wildman–Crippen LogP) is 4.33. The van der Waals surface area contributed by atoms with E-state index in [2.05, 4.69) is 56.9 Å². The molecule has 0 unspecified atom stereocenters. The highest BCUT2D eigenvalue weighted by Crippen LogP contribution is 2.42. The zero-order chi connectivity index (χ0) is 15.5. The Labute approximate surface area is 130 Å². The molecule has 2 N–H and O–H groups in total. The fourth-order valence-corrected chi connectivity index (χ4v) is 3.69. The van der Waals surface area contributed by atoms with Crippen LogP contribution >= 0.6 is 0 Å². The third-order valence-electron chi connectivity index (χ3n) is 5.14. The van der Waals surface area contributed by atoms with Crippen LogP contribution in [0.3, 0.4) is 0 Å². The van der Waals surface area contributed by atoms with E-state index < -0.39 is 0 Å². The second-order valence-corrected chi connectivity index (χ2v) is 7.49. The lowest BCUT2D eigenvalue weighted by molar-refractivity contribution is 0.173. The van der Waals surface area contributed by atoms with E-state index in [0.29, 0.717) is 12.0 Å². The molecule has 0 atom stereocenters. The largest absolute Gasteiger partial charge is 0.370 e. The Morgan fingerprint density at radius 2 is 1.57 bits per heavy atom. The van der Waals surface area contributed by atoms with E-state index in [1.165, 1.54) is 50.0 Å². The molecule has 0 spiro atoms. The normalized spacial score (nSPS) is 17.7. The highest BCUT2D eigenvalue weighted by Gasteiger charge is 2.41. The summed E-state index contributed by atoms with van der Waals surface area (Å²) in [7, 11) is 0. The second-order valence-electron chi connectivity index (χ2n) is 7.49. The van der Waals surface area contributed by atoms with Crippen LogP contribution in [0.15, 0.2) is 24.3 Å². The summed E-state index contributed by atoms with van der Waals surface area (Å²) in [6, 6.07) is 9.05. The van der Waals surface area contributed by atoms with E-state index in [1.807, 2.05) is 0 Å². The summed E-state index contributed by atoms with van der Waals surface area (Å²) in [5, 5.41) is 0. The Balaban J connectivity index is 2.02. The first-order chi connectivity index (χ1) is 9.96. The first-order valence-electron chi connectivity index (χ1n) is 8.52. The smallest absolute Gasteiger partial charge is 0.0366 e. The Morgan fingerprint density at radius 1 is 1.05 bits per heavy atom. The first kappa shape index (κ1) is 16.4. The van der Waals surface area contributed by atoms with Crippen molar-refractivity contribution in [2.75, 3.05) is 24.5 Å². The van der Waals surface area contributed by atoms with Crippen molar-refractivity contribution < 1.29 is 0 Å². The van der Waals surface area contributed by atoms with Crippen LogP contribution in [0.25, 0.3) is 0 Å². The Morgan fingerprint density at radius 3 is 2.00 bits per heavy atom. The Kier molecular flexibility index (Phi) is 4.98. The lowest BCUT2D eigenvalue weighted by Gasteiger charge is -2.52. The molecule has 1 aromatic rings. The van der Waals surface area contributed by atoms with Crippen LogP contribution in [0, 0.1) is 5.41 Å². The SMILES string of the molecule is CCCC1(CCC)CN(c2ccc(C(C)(C)CN)cc2)C1. The van der Waals surface area contributed by atoms with Gasteiger partial charge in [-0.05, 0) is 30.5 Å². The van der Waals surface area contributed by atoms with Crippen molar-refractivity contribution in [2.45, 2.75) is 58.8 Å². The third-order valence-corrected chi connectivity index (χ3v) is 5.14. The molecule has 0 aliphatic carbocycles. The molecular weight excluding hydrogens is 256 g/mol. The summed E-state index contributed by atoms with van der Waals surface area (Å²) in [5.74, 6) is 0. The highest BCUT2D eigenvalue weighted by atomic mass is 15.2. The molecule has 21 heavy (non-hydrogen) atoms. The van der Waals surface area contributed by atoms with Crippen LogP contribution in [0.4, 0.5) is 5.69 Å². The molecule has 1 saturated heterocycles. The second kappa shape index (κ2) is 6.39. The van der Waals surface area contributed by atoms with Crippen LogP contribution in [0.2, 0.25) is 0 Å². The van der Waals surface area contributed by atoms with Crippen molar-refractivity contribution in [3.05, 3.63) is 29.8 Å². The van der Waals surface area contributed by atoms with Gasteiger partial charge >= 0.3 is 0 Å². The molecule has 1 aliphatic heterocycles. The van der Waals surface area contributed by atoms with Crippen LogP contribution in [0.5, 0.6) is 0 Å². The Bertz CT molecular complexity index is 433. The van der Waals surface area contributed by atoms with Crippen molar-refractivity contribution in [1.82, 2.24) is 0 Å². The van der Waals surface area contributed by atoms with Crippen molar-refractivity contribution in [1.29, 1.82) is 0 Å². The monoisotopic (exact) mass is 288 g/mol. The number of benzene rings is 1. The Hall–Kier alpha value is -1.02. The predicted molar refractivity (Wildman–Crippen MR) is 93.0 cm³/mol. The number of nitrogens with two attached hydrogens (primary N) is 1. The summed E-state index contributed by atoms with van der Waals surface area (Å²) in [5.41, 5.74) is 9.22. The van der Waals surface area contributed by atoms with Gasteiger partial charge in [0.15, 0.2) is 0 Å². The number of hydrogen-bond acceptors (Lipinski definition) is 2. The number of anilines is 1. The van der Waals surface area contributed by atoms with Gasteiger partial charge < -0.3 is 10.6 Å². The average molecular weight is 288 g/mol. The van der Waals surface area contributed by atoms with Gasteiger partial charge in [0.1, 0.15) is 0 Å². The minimum absolute atomic E-state index is 0.0711. The molecule has 0 radical (unpaired) electrons. The van der Waals surface area contributed by atoms with E-state index in [1.54, 1.807) is 0 Å². The van der Waals surface area contributed by atoms with Gasteiger partial charge in [0.05, 0.1) is 0 Å². The first-order valence-corrected chi connectivity index (χ1v) is 8.52. The molecule has 2 rings (SSSR count). The molecule has 1 aromatic carbocycles. The van der Waals surface area contributed by atoms with Crippen molar-refractivity contribution in [2.24, 2.45) is 11.1 Å². The number of nitrogens with zero attached hydrogens (tertiary/aromatic N) is 1. The van der Waals surface area contributed by atoms with Crippen LogP contribution < -0.4 is 10.6 Å². The molecule has 0 bridgehead atoms. The topological polar surface area (TPSA) is 29.3 Å². The molecule has 0 aromatic heterocycles. The van der Waals surface area contributed by atoms with Crippen LogP contribution in [-0.4, -0.2) is 19.6 Å². The highest BCUT2D eigenvalue weighted by molar-refractivity contribution is 5.51. The van der Waals surface area contributed by atoms with E-state index >= 15 is 0 Å². The molecule has 1 fully saturated rings. The molecule has 1 aliphatic rings. The summed E-state index contributed by atoms with van der Waals surface area (Å²) in [6.45, 7) is 12.2. The fraction of sp³-hybridized carbons (Fsp3) is 0.684. The lowest BCUT2D eigenvalue weighted by Crippen LogP contribution is -2.56. The molecule has 1 heterocycles. The maximum absolute atomic E-state index is 5.87. The summed E-state index contributed by atoms with van der Waals surface area (Å²) in [4.78, 5) is 2.53. The number of rotatable bonds is 7. The van der Waals surface area contributed by atoms with Gasteiger partial charge in [0.25, 0.3) is 0 Å². The lowest BCUT2D eigenvalue weighted by atomic mass is 9.72. The van der Waals surface area contributed by atoms with Gasteiger partial charge in [-0.25, -0.2) is 0 Å². The van der Waals surface area contributed by atoms with E-state index in [9.17, 15) is 0 Å². The van der Waals surface area contributed by atoms with Gasteiger partial charge in [0, 0.05) is 36.2 Å². The molecular formula is C19H32N2. The summed E-state index contributed by atoms with van der Waals surface area (Å²) >= 11 is 0. The van der Waals surface area contributed by atoms with E-state index in [4.69, 9.17) is 5.73 Å². The molecule has 2 nitrogen and oxygen atoms in total. The van der Waals surface area contributed by atoms with Gasteiger partial charge in [-0.15, -0.1) is 0 Å². The van der Waals surface area contributed by atoms with Gasteiger partial charge in [0.2, 0.25) is 0 Å². The van der Waals surface area contributed by atoms with Crippen LogP contribution in [-0.2, 0) is 5.41 Å². The molecule has 118 valence electrons. The maximum Gasteiger partial charge on any atom is 0.0366 e. The van der Waals surface area contributed by atoms with E-state index in [-0.39, 0.29) is 5.41 Å². The quantitative estimate of drug-likeness (QED) is 0.809. The fourth-order valence-electron chi connectivity index (χ4n) is 3.69. The average Bonchev–Trinajstić information content (AvgIpc) is 2.44. The van der Waals surface area contributed by atoms with Gasteiger partial charge in [-0.2, -0.15) is 0 Å². The molecule has 0 saturated carbocycles. The molecule has 0 amide bonds. The zero-order valence-electron chi connectivity index (χ0n) is 14.3. The molecule has 2 heteroatoms. The van der Waals surface area contributed by atoms with E-state index in [0.717, 1.165) is 0 Å². The number of hydrogen-bond donors (Lipinski definition) is 1. The van der Waals surface area contributed by atoms with Crippen molar-refractivity contribution in [3.8, 4) is 0 Å². The maximum atomic E-state index is 5.87. The summed E-state index contributed by atoms with van der Waals surface area (Å²) in [6.07, 6.45) is 5.35. The van der Waals surface area contributed by atoms with Gasteiger partial charge in [-0.3, -0.25) is 0 Å². The minimum Gasteiger partial charge on any atom is -0.370 e. The standard InChI is InChI=1S/C19H32N2/c1-5-11-19(12-6-2)14-21(15-19)17-9-7-16(8-10-17)18(3,4)13-20/h7-10H,5-6,11-15,20H2,1-4H3. The third kappa shape index (κ3) is 3.42. The minimum atomic E-state index is 0.0711. The van der Waals surface area contributed by atoms with Crippen LogP contribution in [0.1, 0.15) is 58.9 Å². The van der Waals surface area contributed by atoms with Crippen molar-refractivity contribution in [3.63, 3.8) is 0 Å². The van der Waals surface area contributed by atoms with Gasteiger partial charge in [-0.1, -0.05) is 52.7 Å². The summed E-state index contributed by atoms with van der Waals surface area (Å²) < 4.78 is 0. The zero-order valence-corrected chi connectivity index (χ0v) is 14.3. The van der Waals surface area contributed by atoms with Crippen molar-refractivity contribution >= 4 is 5.69 Å².